The van der Waals surface area contributed by atoms with Crippen LogP contribution in [0.3, 0.4) is 0 Å². The summed E-state index contributed by atoms with van der Waals surface area (Å²) in [5.41, 5.74) is 7.85. The van der Waals surface area contributed by atoms with Crippen LogP contribution >= 0.6 is 15.9 Å². The van der Waals surface area contributed by atoms with Gasteiger partial charge in [0.1, 0.15) is 0 Å². The van der Waals surface area contributed by atoms with Gasteiger partial charge in [0.25, 0.3) is 0 Å². The highest BCUT2D eigenvalue weighted by molar-refractivity contribution is 9.10. The van der Waals surface area contributed by atoms with Crippen molar-refractivity contribution in [2.45, 2.75) is 5.92 Å². The van der Waals surface area contributed by atoms with E-state index in [0.29, 0.717) is 18.3 Å². The van der Waals surface area contributed by atoms with Crippen LogP contribution in [-0.2, 0) is 0 Å². The highest BCUT2D eigenvalue weighted by Gasteiger charge is 2.20. The van der Waals surface area contributed by atoms with E-state index in [4.69, 9.17) is 10.3 Å². The van der Waals surface area contributed by atoms with E-state index in [0.717, 1.165) is 15.6 Å². The van der Waals surface area contributed by atoms with Crippen LogP contribution in [0.4, 0.5) is 0 Å². The molecule has 0 amide bonds. The van der Waals surface area contributed by atoms with Crippen LogP contribution in [0.5, 0.6) is 0 Å². The normalized spacial score (nSPS) is 12.3. The molecule has 0 saturated heterocycles. The van der Waals surface area contributed by atoms with Gasteiger partial charge in [-0.2, -0.15) is 4.98 Å². The molecule has 2 N–H and O–H groups in total. The number of hydrogen-bond donors (Lipinski definition) is 1. The minimum Gasteiger partial charge on any atom is -0.338 e. The highest BCUT2D eigenvalue weighted by atomic mass is 79.9. The molecule has 0 aliphatic carbocycles. The molecule has 3 aromatic rings. The van der Waals surface area contributed by atoms with E-state index in [1.807, 2.05) is 54.6 Å². The van der Waals surface area contributed by atoms with E-state index < -0.39 is 0 Å². The summed E-state index contributed by atoms with van der Waals surface area (Å²) in [6.45, 7) is 0.421. The van der Waals surface area contributed by atoms with Crippen LogP contribution in [0.1, 0.15) is 17.4 Å². The van der Waals surface area contributed by atoms with Gasteiger partial charge in [0.05, 0.1) is 5.92 Å². The van der Waals surface area contributed by atoms with E-state index in [1.54, 1.807) is 0 Å². The number of rotatable bonds is 4. The molecule has 1 atom stereocenters. The van der Waals surface area contributed by atoms with Gasteiger partial charge in [-0.1, -0.05) is 63.6 Å². The maximum absolute atomic E-state index is 5.87. The first-order chi connectivity index (χ1) is 10.3. The summed E-state index contributed by atoms with van der Waals surface area (Å²) in [5.74, 6) is 1.03. The van der Waals surface area contributed by atoms with Crippen LogP contribution in [0.2, 0.25) is 0 Å². The van der Waals surface area contributed by atoms with Crippen LogP contribution < -0.4 is 5.73 Å². The monoisotopic (exact) mass is 343 g/mol. The second kappa shape index (κ2) is 6.20. The summed E-state index contributed by atoms with van der Waals surface area (Å²) in [5, 5.41) is 4.06. The lowest BCUT2D eigenvalue weighted by atomic mass is 9.99. The molecule has 1 heterocycles. The lowest BCUT2D eigenvalue weighted by molar-refractivity contribution is 0.367. The Morgan fingerprint density at radius 2 is 1.90 bits per heavy atom. The van der Waals surface area contributed by atoms with Crippen molar-refractivity contribution >= 4 is 15.9 Å². The minimum absolute atomic E-state index is 0.0837. The van der Waals surface area contributed by atoms with Crippen LogP contribution in [0.15, 0.2) is 63.6 Å². The van der Waals surface area contributed by atoms with Gasteiger partial charge in [0.15, 0.2) is 0 Å². The quantitative estimate of drug-likeness (QED) is 0.786. The van der Waals surface area contributed by atoms with Gasteiger partial charge in [0.2, 0.25) is 11.7 Å². The Morgan fingerprint density at radius 1 is 1.10 bits per heavy atom. The maximum atomic E-state index is 5.87. The fourth-order valence-electron chi connectivity index (χ4n) is 2.19. The van der Waals surface area contributed by atoms with Crippen LogP contribution in [-0.4, -0.2) is 16.7 Å². The van der Waals surface area contributed by atoms with Crippen LogP contribution in [0, 0.1) is 0 Å². The molecule has 5 heteroatoms. The van der Waals surface area contributed by atoms with E-state index in [1.165, 1.54) is 0 Å². The minimum atomic E-state index is -0.0837. The Bertz CT molecular complexity index is 727. The zero-order valence-corrected chi connectivity index (χ0v) is 12.8. The van der Waals surface area contributed by atoms with Crippen molar-refractivity contribution in [2.75, 3.05) is 6.54 Å². The highest BCUT2D eigenvalue weighted by Crippen LogP contribution is 2.25. The third-order valence-electron chi connectivity index (χ3n) is 3.26. The molecule has 21 heavy (non-hydrogen) atoms. The smallest absolute Gasteiger partial charge is 0.235 e. The first kappa shape index (κ1) is 14.0. The van der Waals surface area contributed by atoms with Crippen molar-refractivity contribution in [3.05, 3.63) is 70.5 Å². The molecule has 4 nitrogen and oxygen atoms in total. The van der Waals surface area contributed by atoms with Gasteiger partial charge in [-0.05, 0) is 17.7 Å². The molecule has 0 radical (unpaired) electrons. The average Bonchev–Trinajstić information content (AvgIpc) is 2.99. The molecule has 1 unspecified atom stereocenters. The van der Waals surface area contributed by atoms with Crippen molar-refractivity contribution in [1.29, 1.82) is 0 Å². The molecule has 0 bridgehead atoms. The predicted octanol–water partition coefficient (Wildman–Crippen LogP) is 3.59. The van der Waals surface area contributed by atoms with Gasteiger partial charge < -0.3 is 10.3 Å². The largest absolute Gasteiger partial charge is 0.338 e. The Kier molecular flexibility index (Phi) is 4.13. The second-order valence-corrected chi connectivity index (χ2v) is 5.58. The molecule has 0 spiro atoms. The van der Waals surface area contributed by atoms with Crippen molar-refractivity contribution in [2.24, 2.45) is 5.73 Å². The van der Waals surface area contributed by atoms with E-state index in [-0.39, 0.29) is 5.92 Å². The fraction of sp³-hybridized carbons (Fsp3) is 0.125. The third-order valence-corrected chi connectivity index (χ3v) is 3.75. The molecule has 0 fully saturated rings. The summed E-state index contributed by atoms with van der Waals surface area (Å²) in [7, 11) is 0. The van der Waals surface area contributed by atoms with Gasteiger partial charge >= 0.3 is 0 Å². The molecule has 0 aliphatic rings. The first-order valence-corrected chi connectivity index (χ1v) is 7.42. The summed E-state index contributed by atoms with van der Waals surface area (Å²) >= 11 is 3.44. The molecule has 3 rings (SSSR count). The average molecular weight is 344 g/mol. The molecule has 0 saturated carbocycles. The second-order valence-electron chi connectivity index (χ2n) is 4.67. The van der Waals surface area contributed by atoms with E-state index in [9.17, 15) is 0 Å². The molecule has 0 aliphatic heterocycles. The van der Waals surface area contributed by atoms with E-state index in [2.05, 4.69) is 26.1 Å². The van der Waals surface area contributed by atoms with E-state index >= 15 is 0 Å². The maximum Gasteiger partial charge on any atom is 0.235 e. The fourth-order valence-corrected chi connectivity index (χ4v) is 2.59. The lowest BCUT2D eigenvalue weighted by Crippen LogP contribution is -2.14. The van der Waals surface area contributed by atoms with Gasteiger partial charge in [-0.25, -0.2) is 0 Å². The van der Waals surface area contributed by atoms with Crippen molar-refractivity contribution in [1.82, 2.24) is 10.1 Å². The van der Waals surface area contributed by atoms with Crippen molar-refractivity contribution in [3.63, 3.8) is 0 Å². The number of nitrogens with two attached hydrogens (primary N) is 1. The summed E-state index contributed by atoms with van der Waals surface area (Å²) in [4.78, 5) is 4.49. The zero-order valence-electron chi connectivity index (χ0n) is 11.2. The number of halogens is 1. The van der Waals surface area contributed by atoms with Crippen molar-refractivity contribution < 1.29 is 4.52 Å². The number of nitrogens with zero attached hydrogens (tertiary/aromatic N) is 2. The molecule has 106 valence electrons. The standard InChI is InChI=1S/C16H14BrN3O/c17-13-8-4-7-12(9-13)15-19-16(21-20-15)14(10-18)11-5-2-1-3-6-11/h1-9,14H,10,18H2. The van der Waals surface area contributed by atoms with Gasteiger partial charge in [0, 0.05) is 16.6 Å². The number of benzene rings is 2. The molecular formula is C16H14BrN3O. The molecule has 2 aromatic carbocycles. The molecular weight excluding hydrogens is 330 g/mol. The Hall–Kier alpha value is -1.98. The Labute approximate surface area is 131 Å². The van der Waals surface area contributed by atoms with Gasteiger partial charge in [-0.15, -0.1) is 0 Å². The summed E-state index contributed by atoms with van der Waals surface area (Å²) in [6.07, 6.45) is 0. The SMILES string of the molecule is NCC(c1ccccc1)c1nc(-c2cccc(Br)c2)no1. The van der Waals surface area contributed by atoms with Crippen LogP contribution in [0.25, 0.3) is 11.4 Å². The predicted molar refractivity (Wildman–Crippen MR) is 84.8 cm³/mol. The topological polar surface area (TPSA) is 64.9 Å². The third kappa shape index (κ3) is 3.04. The van der Waals surface area contributed by atoms with Gasteiger partial charge in [-0.3, -0.25) is 0 Å². The first-order valence-electron chi connectivity index (χ1n) is 6.62. The Balaban J connectivity index is 1.94. The number of aromatic nitrogens is 2. The lowest BCUT2D eigenvalue weighted by Gasteiger charge is -2.09. The summed E-state index contributed by atoms with van der Waals surface area (Å²) < 4.78 is 6.39. The summed E-state index contributed by atoms with van der Waals surface area (Å²) in [6, 6.07) is 17.7. The number of hydrogen-bond acceptors (Lipinski definition) is 4. The zero-order chi connectivity index (χ0) is 14.7. The Morgan fingerprint density at radius 3 is 2.62 bits per heavy atom. The molecule has 1 aromatic heterocycles. The van der Waals surface area contributed by atoms with Crippen molar-refractivity contribution in [3.8, 4) is 11.4 Å².